The summed E-state index contributed by atoms with van der Waals surface area (Å²) in [5, 5.41) is 0. The van der Waals surface area contributed by atoms with Crippen LogP contribution in [-0.4, -0.2) is 48.9 Å². The van der Waals surface area contributed by atoms with Crippen LogP contribution in [0.5, 0.6) is 0 Å². The molecule has 1 N–H and O–H groups in total. The molecule has 0 unspecified atom stereocenters. The van der Waals surface area contributed by atoms with Crippen LogP contribution in [0.2, 0.25) is 0 Å². The SMILES string of the molecule is CS(=O)(=O)Nc1ccc(CCN2C(=O)C(=O)N(Cc3ccccc3)C2=O)cc1. The van der Waals surface area contributed by atoms with Crippen molar-refractivity contribution in [3.8, 4) is 0 Å². The molecule has 0 aromatic heterocycles. The highest BCUT2D eigenvalue weighted by Gasteiger charge is 2.43. The molecule has 0 radical (unpaired) electrons. The normalized spacial score (nSPS) is 14.7. The second-order valence-corrected chi connectivity index (χ2v) is 8.19. The highest BCUT2D eigenvalue weighted by atomic mass is 32.2. The van der Waals surface area contributed by atoms with Crippen molar-refractivity contribution < 1.29 is 22.8 Å². The number of rotatable bonds is 7. The number of hydrogen-bond acceptors (Lipinski definition) is 5. The monoisotopic (exact) mass is 401 g/mol. The summed E-state index contributed by atoms with van der Waals surface area (Å²) in [4.78, 5) is 38.7. The summed E-state index contributed by atoms with van der Waals surface area (Å²) in [5.74, 6) is -1.67. The molecule has 0 bridgehead atoms. The number of anilines is 1. The zero-order chi connectivity index (χ0) is 20.3. The number of nitrogens with zero attached hydrogens (tertiary/aromatic N) is 2. The smallest absolute Gasteiger partial charge is 0.284 e. The second kappa shape index (κ2) is 7.81. The summed E-state index contributed by atoms with van der Waals surface area (Å²) >= 11 is 0. The molecule has 1 fully saturated rings. The Bertz CT molecular complexity index is 1000. The van der Waals surface area contributed by atoms with E-state index in [0.717, 1.165) is 27.2 Å². The van der Waals surface area contributed by atoms with Crippen LogP contribution >= 0.6 is 0 Å². The van der Waals surface area contributed by atoms with Gasteiger partial charge >= 0.3 is 17.8 Å². The lowest BCUT2D eigenvalue weighted by molar-refractivity contribution is -0.143. The van der Waals surface area contributed by atoms with Gasteiger partial charge < -0.3 is 0 Å². The van der Waals surface area contributed by atoms with E-state index in [0.29, 0.717) is 12.1 Å². The molecule has 0 saturated carbocycles. The molecule has 146 valence electrons. The lowest BCUT2D eigenvalue weighted by atomic mass is 10.1. The van der Waals surface area contributed by atoms with E-state index in [-0.39, 0.29) is 13.1 Å². The standard InChI is InChI=1S/C19H19N3O5S/c1-28(26,27)20-16-9-7-14(8-10-16)11-12-21-17(23)18(24)22(19(21)25)13-15-5-3-2-4-6-15/h2-10,20H,11-13H2,1H3. The Labute approximate surface area is 162 Å². The van der Waals surface area contributed by atoms with Crippen molar-refractivity contribution in [2.45, 2.75) is 13.0 Å². The number of benzene rings is 2. The second-order valence-electron chi connectivity index (χ2n) is 6.44. The molecule has 9 heteroatoms. The van der Waals surface area contributed by atoms with Crippen molar-refractivity contribution in [3.05, 3.63) is 65.7 Å². The summed E-state index contributed by atoms with van der Waals surface area (Å²) in [6.45, 7) is 0.111. The van der Waals surface area contributed by atoms with Crippen LogP contribution < -0.4 is 4.72 Å². The minimum atomic E-state index is -3.36. The molecule has 1 aliphatic heterocycles. The van der Waals surface area contributed by atoms with Crippen LogP contribution in [0.4, 0.5) is 10.5 Å². The molecular weight excluding hydrogens is 382 g/mol. The maximum atomic E-state index is 12.5. The zero-order valence-electron chi connectivity index (χ0n) is 15.2. The molecule has 3 rings (SSSR count). The Morgan fingerprint density at radius 1 is 0.821 bits per heavy atom. The molecule has 28 heavy (non-hydrogen) atoms. The summed E-state index contributed by atoms with van der Waals surface area (Å²) in [7, 11) is -3.36. The van der Waals surface area contributed by atoms with E-state index in [2.05, 4.69) is 4.72 Å². The van der Waals surface area contributed by atoms with Crippen LogP contribution in [0.15, 0.2) is 54.6 Å². The summed E-state index contributed by atoms with van der Waals surface area (Å²) < 4.78 is 24.8. The highest BCUT2D eigenvalue weighted by molar-refractivity contribution is 7.92. The van der Waals surface area contributed by atoms with Crippen LogP contribution in [0.25, 0.3) is 0 Å². The Balaban J connectivity index is 1.63. The van der Waals surface area contributed by atoms with Crippen molar-refractivity contribution in [2.24, 2.45) is 0 Å². The summed E-state index contributed by atoms with van der Waals surface area (Å²) in [5.41, 5.74) is 1.98. The number of urea groups is 1. The van der Waals surface area contributed by atoms with Crippen LogP contribution in [0.3, 0.4) is 0 Å². The number of nitrogens with one attached hydrogen (secondary N) is 1. The number of carbonyl (C=O) groups excluding carboxylic acids is 3. The lowest BCUT2D eigenvalue weighted by Crippen LogP contribution is -2.34. The largest absolute Gasteiger partial charge is 0.334 e. The van der Waals surface area contributed by atoms with Crippen molar-refractivity contribution in [1.82, 2.24) is 9.80 Å². The van der Waals surface area contributed by atoms with Gasteiger partial charge in [0.15, 0.2) is 0 Å². The number of carbonyl (C=O) groups is 3. The molecule has 1 heterocycles. The van der Waals surface area contributed by atoms with Gasteiger partial charge in [-0.3, -0.25) is 24.1 Å². The predicted octanol–water partition coefficient (Wildman–Crippen LogP) is 1.59. The van der Waals surface area contributed by atoms with Crippen LogP contribution in [0, 0.1) is 0 Å². The van der Waals surface area contributed by atoms with Gasteiger partial charge in [-0.25, -0.2) is 13.2 Å². The fourth-order valence-electron chi connectivity index (χ4n) is 2.85. The Hall–Kier alpha value is -3.20. The van der Waals surface area contributed by atoms with E-state index in [1.54, 1.807) is 48.5 Å². The molecule has 0 atom stereocenters. The molecule has 0 spiro atoms. The minimum Gasteiger partial charge on any atom is -0.284 e. The van der Waals surface area contributed by atoms with Gasteiger partial charge in [0, 0.05) is 12.2 Å². The van der Waals surface area contributed by atoms with Gasteiger partial charge in [0.1, 0.15) is 0 Å². The van der Waals surface area contributed by atoms with E-state index in [1.165, 1.54) is 0 Å². The number of imide groups is 2. The van der Waals surface area contributed by atoms with Gasteiger partial charge in [-0.15, -0.1) is 0 Å². The molecule has 0 aliphatic carbocycles. The fourth-order valence-corrected chi connectivity index (χ4v) is 3.41. The molecule has 1 saturated heterocycles. The summed E-state index contributed by atoms with van der Waals surface area (Å²) in [6, 6.07) is 14.9. The summed E-state index contributed by atoms with van der Waals surface area (Å²) in [6.07, 6.45) is 1.41. The van der Waals surface area contributed by atoms with Gasteiger partial charge in [-0.2, -0.15) is 0 Å². The molecule has 2 aromatic rings. The highest BCUT2D eigenvalue weighted by Crippen LogP contribution is 2.17. The topological polar surface area (TPSA) is 104 Å². The Morgan fingerprint density at radius 3 is 2.04 bits per heavy atom. The molecular formula is C19H19N3O5S. The van der Waals surface area contributed by atoms with Gasteiger partial charge in [0.05, 0.1) is 12.8 Å². The maximum Gasteiger partial charge on any atom is 0.334 e. The fraction of sp³-hybridized carbons (Fsp3) is 0.211. The third-order valence-corrected chi connectivity index (χ3v) is 4.81. The number of sulfonamides is 1. The molecule has 1 aliphatic rings. The number of hydrogen-bond donors (Lipinski definition) is 1. The van der Waals surface area contributed by atoms with Gasteiger partial charge in [0.25, 0.3) is 0 Å². The number of amides is 4. The quantitative estimate of drug-likeness (QED) is 0.561. The third-order valence-electron chi connectivity index (χ3n) is 4.20. The first-order chi connectivity index (χ1) is 13.2. The van der Waals surface area contributed by atoms with Gasteiger partial charge in [0.2, 0.25) is 10.0 Å². The van der Waals surface area contributed by atoms with Crippen molar-refractivity contribution in [2.75, 3.05) is 17.5 Å². The van der Waals surface area contributed by atoms with E-state index >= 15 is 0 Å². The van der Waals surface area contributed by atoms with Crippen molar-refractivity contribution in [1.29, 1.82) is 0 Å². The van der Waals surface area contributed by atoms with E-state index in [1.807, 2.05) is 6.07 Å². The predicted molar refractivity (Wildman–Crippen MR) is 103 cm³/mol. The molecule has 8 nitrogen and oxygen atoms in total. The Kier molecular flexibility index (Phi) is 5.46. The lowest BCUT2D eigenvalue weighted by Gasteiger charge is -2.15. The van der Waals surface area contributed by atoms with Crippen LogP contribution in [0.1, 0.15) is 11.1 Å². The minimum absolute atomic E-state index is 0.0482. The Morgan fingerprint density at radius 2 is 1.43 bits per heavy atom. The van der Waals surface area contributed by atoms with Crippen molar-refractivity contribution in [3.63, 3.8) is 0 Å². The maximum absolute atomic E-state index is 12.5. The zero-order valence-corrected chi connectivity index (χ0v) is 16.0. The van der Waals surface area contributed by atoms with Gasteiger partial charge in [-0.1, -0.05) is 42.5 Å². The van der Waals surface area contributed by atoms with Crippen LogP contribution in [-0.2, 0) is 32.6 Å². The third kappa shape index (κ3) is 4.55. The molecule has 2 aromatic carbocycles. The van der Waals surface area contributed by atoms with E-state index in [9.17, 15) is 22.8 Å². The van der Waals surface area contributed by atoms with E-state index < -0.39 is 27.9 Å². The van der Waals surface area contributed by atoms with Gasteiger partial charge in [-0.05, 0) is 29.7 Å². The van der Waals surface area contributed by atoms with E-state index in [4.69, 9.17) is 0 Å². The average Bonchev–Trinajstić information content (AvgIpc) is 2.84. The first kappa shape index (κ1) is 19.6. The first-order valence-corrected chi connectivity index (χ1v) is 10.4. The molecule has 4 amide bonds. The first-order valence-electron chi connectivity index (χ1n) is 8.52. The average molecular weight is 401 g/mol. The van der Waals surface area contributed by atoms with Crippen molar-refractivity contribution >= 4 is 33.6 Å².